The highest BCUT2D eigenvalue weighted by Gasteiger charge is 2.24. The number of likely N-dealkylation sites (tertiary alicyclic amines) is 1. The van der Waals surface area contributed by atoms with Crippen molar-refractivity contribution >= 4 is 5.91 Å². The second-order valence-electron chi connectivity index (χ2n) is 4.11. The molecule has 1 fully saturated rings. The molecule has 0 aromatic carbocycles. The van der Waals surface area contributed by atoms with Gasteiger partial charge in [0.25, 0.3) is 0 Å². The van der Waals surface area contributed by atoms with Crippen LogP contribution in [-0.2, 0) is 9.53 Å². The highest BCUT2D eigenvalue weighted by Crippen LogP contribution is 2.16. The van der Waals surface area contributed by atoms with Crippen LogP contribution >= 0.6 is 0 Å². The fourth-order valence-electron chi connectivity index (χ4n) is 2.02. The highest BCUT2D eigenvalue weighted by atomic mass is 16.5. The van der Waals surface area contributed by atoms with Gasteiger partial charge in [0.05, 0.1) is 19.3 Å². The molecule has 3 N–H and O–H groups in total. The monoisotopic (exact) mass is 230 g/mol. The number of nitrogens with two attached hydrogens (primary N) is 1. The van der Waals surface area contributed by atoms with Gasteiger partial charge >= 0.3 is 0 Å². The van der Waals surface area contributed by atoms with Crippen LogP contribution in [0.3, 0.4) is 0 Å². The number of ether oxygens (including phenoxy) is 1. The maximum Gasteiger partial charge on any atom is 0.248 e. The zero-order chi connectivity index (χ0) is 11.8. The Morgan fingerprint density at radius 3 is 2.94 bits per heavy atom. The van der Waals surface area contributed by atoms with Crippen molar-refractivity contribution in [1.82, 2.24) is 4.90 Å². The summed E-state index contributed by atoms with van der Waals surface area (Å²) in [6.45, 7) is 1.69. The largest absolute Gasteiger partial charge is 0.394 e. The summed E-state index contributed by atoms with van der Waals surface area (Å²) < 4.78 is 5.13. The maximum atomic E-state index is 11.8. The zero-order valence-corrected chi connectivity index (χ0v) is 9.73. The molecule has 0 saturated carbocycles. The van der Waals surface area contributed by atoms with Gasteiger partial charge in [0.1, 0.15) is 6.61 Å². The lowest BCUT2D eigenvalue weighted by atomic mass is 10.1. The average molecular weight is 230 g/mol. The standard InChI is InChI=1S/C11H22N2O3/c12-5-7-16-9-11(15)13-6-3-1-2-4-10(13)8-14/h10,14H,1-9,12H2. The summed E-state index contributed by atoms with van der Waals surface area (Å²) in [7, 11) is 0. The Balaban J connectivity index is 2.42. The molecular weight excluding hydrogens is 208 g/mol. The minimum absolute atomic E-state index is 0.0310. The van der Waals surface area contributed by atoms with Crippen LogP contribution in [0.4, 0.5) is 0 Å². The summed E-state index contributed by atoms with van der Waals surface area (Å²) in [6.07, 6.45) is 4.11. The molecule has 1 rings (SSSR count). The van der Waals surface area contributed by atoms with E-state index in [9.17, 15) is 9.90 Å². The first kappa shape index (κ1) is 13.4. The number of aliphatic hydroxyl groups is 1. The second-order valence-corrected chi connectivity index (χ2v) is 4.11. The van der Waals surface area contributed by atoms with Gasteiger partial charge in [-0.25, -0.2) is 0 Å². The molecule has 0 spiro atoms. The second kappa shape index (κ2) is 7.60. The third kappa shape index (κ3) is 4.08. The van der Waals surface area contributed by atoms with E-state index < -0.39 is 0 Å². The van der Waals surface area contributed by atoms with Crippen molar-refractivity contribution in [2.24, 2.45) is 5.73 Å². The molecule has 0 bridgehead atoms. The predicted octanol–water partition coefficient (Wildman–Crippen LogP) is -0.275. The maximum absolute atomic E-state index is 11.8. The first-order valence-corrected chi connectivity index (χ1v) is 5.97. The molecule has 5 heteroatoms. The summed E-state index contributed by atoms with van der Waals surface area (Å²) in [4.78, 5) is 13.6. The van der Waals surface area contributed by atoms with Crippen LogP contribution < -0.4 is 5.73 Å². The lowest BCUT2D eigenvalue weighted by molar-refractivity contribution is -0.139. The first-order chi connectivity index (χ1) is 7.79. The summed E-state index contributed by atoms with van der Waals surface area (Å²) in [5, 5.41) is 9.25. The van der Waals surface area contributed by atoms with Gasteiger partial charge in [0.15, 0.2) is 0 Å². The van der Waals surface area contributed by atoms with Gasteiger partial charge in [-0.15, -0.1) is 0 Å². The van der Waals surface area contributed by atoms with E-state index in [0.29, 0.717) is 13.2 Å². The average Bonchev–Trinajstić information content (AvgIpc) is 2.54. The van der Waals surface area contributed by atoms with E-state index in [2.05, 4.69) is 0 Å². The van der Waals surface area contributed by atoms with Crippen molar-refractivity contribution in [3.05, 3.63) is 0 Å². The third-order valence-electron chi connectivity index (χ3n) is 2.90. The number of rotatable bonds is 5. The lowest BCUT2D eigenvalue weighted by Crippen LogP contribution is -2.44. The van der Waals surface area contributed by atoms with E-state index in [1.165, 1.54) is 0 Å². The van der Waals surface area contributed by atoms with E-state index >= 15 is 0 Å². The lowest BCUT2D eigenvalue weighted by Gasteiger charge is -2.28. The van der Waals surface area contributed by atoms with Gasteiger partial charge in [-0.05, 0) is 12.8 Å². The molecule has 1 saturated heterocycles. The fourth-order valence-corrected chi connectivity index (χ4v) is 2.02. The molecule has 1 aliphatic rings. The topological polar surface area (TPSA) is 75.8 Å². The van der Waals surface area contributed by atoms with Crippen LogP contribution in [0.1, 0.15) is 25.7 Å². The number of hydrogen-bond donors (Lipinski definition) is 2. The van der Waals surface area contributed by atoms with Crippen LogP contribution in [0.2, 0.25) is 0 Å². The Hall–Kier alpha value is -0.650. The predicted molar refractivity (Wildman–Crippen MR) is 60.9 cm³/mol. The Kier molecular flexibility index (Phi) is 6.37. The molecule has 0 radical (unpaired) electrons. The molecule has 1 atom stereocenters. The Bertz CT molecular complexity index is 211. The molecule has 0 aliphatic carbocycles. The van der Waals surface area contributed by atoms with E-state index in [1.54, 1.807) is 4.90 Å². The Morgan fingerprint density at radius 2 is 2.25 bits per heavy atom. The number of aliphatic hydroxyl groups excluding tert-OH is 1. The summed E-state index contributed by atoms with van der Waals surface area (Å²) >= 11 is 0. The third-order valence-corrected chi connectivity index (χ3v) is 2.90. The Morgan fingerprint density at radius 1 is 1.44 bits per heavy atom. The van der Waals surface area contributed by atoms with Crippen molar-refractivity contribution in [3.63, 3.8) is 0 Å². The van der Waals surface area contributed by atoms with Gasteiger partial charge in [0, 0.05) is 13.1 Å². The summed E-state index contributed by atoms with van der Waals surface area (Å²) in [5.74, 6) is -0.0330. The SMILES string of the molecule is NCCOCC(=O)N1CCCCCC1CO. The van der Waals surface area contributed by atoms with Crippen molar-refractivity contribution in [2.45, 2.75) is 31.7 Å². The molecule has 1 aliphatic heterocycles. The molecule has 94 valence electrons. The van der Waals surface area contributed by atoms with Gasteiger partial charge < -0.3 is 20.5 Å². The number of amides is 1. The van der Waals surface area contributed by atoms with Gasteiger partial charge in [-0.1, -0.05) is 12.8 Å². The van der Waals surface area contributed by atoms with E-state index in [0.717, 1.165) is 32.2 Å². The number of nitrogens with zero attached hydrogens (tertiary/aromatic N) is 1. The number of carbonyl (C=O) groups is 1. The number of carbonyl (C=O) groups excluding carboxylic acids is 1. The van der Waals surface area contributed by atoms with Crippen LogP contribution in [0, 0.1) is 0 Å². The van der Waals surface area contributed by atoms with Gasteiger partial charge in [-0.3, -0.25) is 4.79 Å². The normalized spacial score (nSPS) is 21.9. The van der Waals surface area contributed by atoms with Gasteiger partial charge in [-0.2, -0.15) is 0 Å². The quantitative estimate of drug-likeness (QED) is 0.637. The molecule has 5 nitrogen and oxygen atoms in total. The van der Waals surface area contributed by atoms with Crippen molar-refractivity contribution < 1.29 is 14.6 Å². The molecule has 1 unspecified atom stereocenters. The molecule has 16 heavy (non-hydrogen) atoms. The van der Waals surface area contributed by atoms with Gasteiger partial charge in [0.2, 0.25) is 5.91 Å². The van der Waals surface area contributed by atoms with Crippen LogP contribution in [0.5, 0.6) is 0 Å². The van der Waals surface area contributed by atoms with Crippen molar-refractivity contribution in [2.75, 3.05) is 32.9 Å². The van der Waals surface area contributed by atoms with Crippen molar-refractivity contribution in [1.29, 1.82) is 0 Å². The van der Waals surface area contributed by atoms with E-state index in [4.69, 9.17) is 10.5 Å². The first-order valence-electron chi connectivity index (χ1n) is 5.97. The zero-order valence-electron chi connectivity index (χ0n) is 9.73. The molecule has 1 amide bonds. The summed E-state index contributed by atoms with van der Waals surface area (Å²) in [6, 6.07) is -0.0310. The smallest absolute Gasteiger partial charge is 0.248 e. The Labute approximate surface area is 96.6 Å². The van der Waals surface area contributed by atoms with Crippen LogP contribution in [0.25, 0.3) is 0 Å². The minimum Gasteiger partial charge on any atom is -0.394 e. The van der Waals surface area contributed by atoms with Crippen molar-refractivity contribution in [3.8, 4) is 0 Å². The molecule has 1 heterocycles. The molecule has 0 aromatic heterocycles. The highest BCUT2D eigenvalue weighted by molar-refractivity contribution is 5.77. The minimum atomic E-state index is -0.0330. The van der Waals surface area contributed by atoms with Crippen LogP contribution in [-0.4, -0.2) is 54.9 Å². The van der Waals surface area contributed by atoms with E-state index in [-0.39, 0.29) is 25.2 Å². The number of hydrogen-bond acceptors (Lipinski definition) is 4. The molecule has 0 aromatic rings. The summed E-state index contributed by atoms with van der Waals surface area (Å²) in [5.41, 5.74) is 5.28. The van der Waals surface area contributed by atoms with E-state index in [1.807, 2.05) is 0 Å². The van der Waals surface area contributed by atoms with Crippen LogP contribution in [0.15, 0.2) is 0 Å². The molecular formula is C11H22N2O3. The fraction of sp³-hybridized carbons (Fsp3) is 0.909.